The van der Waals surface area contributed by atoms with Crippen LogP contribution >= 0.6 is 0 Å². The van der Waals surface area contributed by atoms with Gasteiger partial charge in [-0.15, -0.1) is 0 Å². The van der Waals surface area contributed by atoms with Crippen molar-refractivity contribution < 1.29 is 46.5 Å². The lowest BCUT2D eigenvalue weighted by Gasteiger charge is -2.32. The first-order valence-electron chi connectivity index (χ1n) is 15.2. The molecule has 248 valence electrons. The lowest BCUT2D eigenvalue weighted by atomic mass is 9.76. The molecule has 9 nitrogen and oxygen atoms in total. The van der Waals surface area contributed by atoms with Crippen molar-refractivity contribution in [3.63, 3.8) is 0 Å². The molecule has 3 rings (SSSR count). The molecule has 1 aromatic carbocycles. The van der Waals surface area contributed by atoms with E-state index in [1.807, 2.05) is 6.92 Å². The maximum Gasteiger partial charge on any atom is 0.416 e. The summed E-state index contributed by atoms with van der Waals surface area (Å²) in [5.74, 6) is -1.73. The second-order valence-corrected chi connectivity index (χ2v) is 12.1. The van der Waals surface area contributed by atoms with E-state index in [0.717, 1.165) is 24.1 Å². The van der Waals surface area contributed by atoms with Crippen LogP contribution in [-0.2, 0) is 31.7 Å². The Morgan fingerprint density at radius 3 is 2.38 bits per heavy atom. The number of pyridine rings is 1. The van der Waals surface area contributed by atoms with Crippen LogP contribution < -0.4 is 14.8 Å². The Morgan fingerprint density at radius 1 is 1.09 bits per heavy atom. The molecule has 4 atom stereocenters. The number of aromatic nitrogens is 1. The highest BCUT2D eigenvalue weighted by molar-refractivity contribution is 5.98. The normalized spacial score (nSPS) is 20.9. The second-order valence-electron chi connectivity index (χ2n) is 12.1. The SMILES string of the molecule is COc1ccnc(C(=O)NC2CCCC(Cc3ccc(C(F)(F)F)cc3)C(CC(C)C)C(C)OC2=O)c1OCOC(=O)C(C)C. The molecule has 1 aliphatic heterocycles. The van der Waals surface area contributed by atoms with Crippen LogP contribution in [0.2, 0.25) is 0 Å². The number of benzene rings is 1. The molecular weight excluding hydrogens is 593 g/mol. The van der Waals surface area contributed by atoms with E-state index in [2.05, 4.69) is 24.1 Å². The molecule has 1 saturated heterocycles. The van der Waals surface area contributed by atoms with Crippen LogP contribution in [0, 0.1) is 23.7 Å². The number of rotatable bonds is 11. The van der Waals surface area contributed by atoms with Crippen molar-refractivity contribution >= 4 is 17.8 Å². The summed E-state index contributed by atoms with van der Waals surface area (Å²) < 4.78 is 61.2. The third-order valence-electron chi connectivity index (χ3n) is 7.87. The number of hydrogen-bond acceptors (Lipinski definition) is 8. The van der Waals surface area contributed by atoms with Crippen LogP contribution in [0.15, 0.2) is 36.5 Å². The number of carbonyl (C=O) groups excluding carboxylic acids is 3. The van der Waals surface area contributed by atoms with Crippen LogP contribution in [0.5, 0.6) is 11.5 Å². The summed E-state index contributed by atoms with van der Waals surface area (Å²) in [6, 6.07) is 5.70. The number of cyclic esters (lactones) is 1. The van der Waals surface area contributed by atoms with E-state index in [1.54, 1.807) is 13.8 Å². The summed E-state index contributed by atoms with van der Waals surface area (Å²) in [6.45, 7) is 8.84. The zero-order valence-corrected chi connectivity index (χ0v) is 26.6. The maximum absolute atomic E-state index is 13.4. The van der Waals surface area contributed by atoms with Gasteiger partial charge in [-0.3, -0.25) is 9.59 Å². The van der Waals surface area contributed by atoms with Gasteiger partial charge in [-0.2, -0.15) is 13.2 Å². The molecular formula is C33H43F3N2O7. The number of methoxy groups -OCH3 is 1. The molecule has 1 N–H and O–H groups in total. The van der Waals surface area contributed by atoms with Gasteiger partial charge in [0.25, 0.3) is 5.91 Å². The number of halogens is 3. The minimum absolute atomic E-state index is 0.0370. The van der Waals surface area contributed by atoms with Gasteiger partial charge in [0.15, 0.2) is 17.2 Å². The van der Waals surface area contributed by atoms with Gasteiger partial charge in [-0.05, 0) is 68.1 Å². The standard InChI is InChI=1S/C33H43F3N2O7/c1-19(2)16-25-21(5)45-32(41)26(9-7-8-23(25)17-22-10-12-24(13-11-22)33(34,35)36)38-30(39)28-29(27(42-6)14-15-37-28)43-18-44-31(40)20(3)4/h10-15,19-21,23,25-26H,7-9,16-18H2,1-6H3,(H,38,39). The Hall–Kier alpha value is -3.83. The average Bonchev–Trinajstić information content (AvgIpc) is 3.02. The number of carbonyl (C=O) groups is 3. The van der Waals surface area contributed by atoms with Crippen molar-refractivity contribution in [2.75, 3.05) is 13.9 Å². The molecule has 1 aliphatic rings. The van der Waals surface area contributed by atoms with Gasteiger partial charge >= 0.3 is 18.1 Å². The Balaban J connectivity index is 1.78. The molecule has 1 fully saturated rings. The van der Waals surface area contributed by atoms with E-state index in [9.17, 15) is 27.6 Å². The zero-order valence-electron chi connectivity index (χ0n) is 26.6. The average molecular weight is 637 g/mol. The molecule has 0 aliphatic carbocycles. The lowest BCUT2D eigenvalue weighted by molar-refractivity contribution is -0.155. The third-order valence-corrected chi connectivity index (χ3v) is 7.87. The fourth-order valence-electron chi connectivity index (χ4n) is 5.53. The van der Waals surface area contributed by atoms with E-state index in [0.29, 0.717) is 25.2 Å². The predicted octanol–water partition coefficient (Wildman–Crippen LogP) is 6.38. The highest BCUT2D eigenvalue weighted by Crippen LogP contribution is 2.36. The largest absolute Gasteiger partial charge is 0.493 e. The first kappa shape index (κ1) is 35.6. The molecule has 1 amide bonds. The predicted molar refractivity (Wildman–Crippen MR) is 159 cm³/mol. The summed E-state index contributed by atoms with van der Waals surface area (Å²) in [5, 5.41) is 2.72. The monoisotopic (exact) mass is 636 g/mol. The van der Waals surface area contributed by atoms with E-state index >= 15 is 0 Å². The molecule has 0 bridgehead atoms. The summed E-state index contributed by atoms with van der Waals surface area (Å²) in [7, 11) is 1.38. The molecule has 1 aromatic heterocycles. The second kappa shape index (κ2) is 15.9. The van der Waals surface area contributed by atoms with Crippen molar-refractivity contribution in [2.24, 2.45) is 23.7 Å². The fourth-order valence-corrected chi connectivity index (χ4v) is 5.53. The highest BCUT2D eigenvalue weighted by atomic mass is 19.4. The molecule has 0 radical (unpaired) electrons. The molecule has 12 heteroatoms. The lowest BCUT2D eigenvalue weighted by Crippen LogP contribution is -2.43. The quantitative estimate of drug-likeness (QED) is 0.223. The first-order valence-corrected chi connectivity index (χ1v) is 15.2. The summed E-state index contributed by atoms with van der Waals surface area (Å²) in [5.41, 5.74) is -0.0791. The van der Waals surface area contributed by atoms with Crippen molar-refractivity contribution in [1.29, 1.82) is 0 Å². The van der Waals surface area contributed by atoms with Crippen molar-refractivity contribution in [3.8, 4) is 11.5 Å². The highest BCUT2D eigenvalue weighted by Gasteiger charge is 2.36. The smallest absolute Gasteiger partial charge is 0.416 e. The van der Waals surface area contributed by atoms with Gasteiger partial charge in [0.1, 0.15) is 12.1 Å². The van der Waals surface area contributed by atoms with Crippen molar-refractivity contribution in [2.45, 2.75) is 85.0 Å². The van der Waals surface area contributed by atoms with E-state index in [1.165, 1.54) is 31.5 Å². The van der Waals surface area contributed by atoms with Crippen molar-refractivity contribution in [3.05, 3.63) is 53.3 Å². The maximum atomic E-state index is 13.4. The van der Waals surface area contributed by atoms with Crippen LogP contribution in [0.1, 0.15) is 81.9 Å². The van der Waals surface area contributed by atoms with Gasteiger partial charge in [0, 0.05) is 12.3 Å². The van der Waals surface area contributed by atoms with Crippen LogP contribution in [-0.4, -0.2) is 48.9 Å². The number of ether oxygens (including phenoxy) is 4. The molecule has 2 heterocycles. The van der Waals surface area contributed by atoms with E-state index in [4.69, 9.17) is 18.9 Å². The number of esters is 2. The molecule has 0 saturated carbocycles. The number of nitrogens with one attached hydrogen (secondary N) is 1. The number of alkyl halides is 3. The minimum Gasteiger partial charge on any atom is -0.493 e. The van der Waals surface area contributed by atoms with Crippen LogP contribution in [0.25, 0.3) is 0 Å². The minimum atomic E-state index is -4.41. The Morgan fingerprint density at radius 2 is 1.78 bits per heavy atom. The van der Waals surface area contributed by atoms with Crippen LogP contribution in [0.3, 0.4) is 0 Å². The molecule has 2 aromatic rings. The zero-order chi connectivity index (χ0) is 33.3. The summed E-state index contributed by atoms with van der Waals surface area (Å²) in [6.07, 6.45) is -0.746. The molecule has 0 spiro atoms. The Bertz CT molecular complexity index is 1300. The first-order chi connectivity index (χ1) is 21.2. The van der Waals surface area contributed by atoms with E-state index in [-0.39, 0.29) is 41.4 Å². The fraction of sp³-hybridized carbons (Fsp3) is 0.576. The number of amides is 1. The van der Waals surface area contributed by atoms with Gasteiger partial charge in [-0.25, -0.2) is 9.78 Å². The topological polar surface area (TPSA) is 113 Å². The number of hydrogen-bond donors (Lipinski definition) is 1. The molecule has 4 unspecified atom stereocenters. The van der Waals surface area contributed by atoms with Gasteiger partial charge < -0.3 is 24.3 Å². The van der Waals surface area contributed by atoms with E-state index < -0.39 is 48.5 Å². The third kappa shape index (κ3) is 10.1. The number of nitrogens with zero attached hydrogens (tertiary/aromatic N) is 1. The summed E-state index contributed by atoms with van der Waals surface area (Å²) in [4.78, 5) is 42.8. The Labute approximate surface area is 262 Å². The summed E-state index contributed by atoms with van der Waals surface area (Å²) >= 11 is 0. The van der Waals surface area contributed by atoms with Crippen LogP contribution in [0.4, 0.5) is 13.2 Å². The van der Waals surface area contributed by atoms with Gasteiger partial charge in [0.05, 0.1) is 18.6 Å². The Kier molecular flexibility index (Phi) is 12.6. The van der Waals surface area contributed by atoms with Crippen molar-refractivity contribution in [1.82, 2.24) is 10.3 Å². The van der Waals surface area contributed by atoms with Gasteiger partial charge in [-0.1, -0.05) is 46.2 Å². The molecule has 45 heavy (non-hydrogen) atoms. The van der Waals surface area contributed by atoms with Gasteiger partial charge in [0.2, 0.25) is 6.79 Å².